The van der Waals surface area contributed by atoms with Crippen molar-refractivity contribution < 1.29 is 9.59 Å². The molecule has 6 heteroatoms. The van der Waals surface area contributed by atoms with Crippen molar-refractivity contribution in [3.05, 3.63) is 27.2 Å². The van der Waals surface area contributed by atoms with Crippen molar-refractivity contribution in [1.29, 1.82) is 0 Å². The highest BCUT2D eigenvalue weighted by atomic mass is 79.9. The predicted molar refractivity (Wildman–Crippen MR) is 83.0 cm³/mol. The Balaban J connectivity index is 2.54. The lowest BCUT2D eigenvalue weighted by molar-refractivity contribution is -0.131. The van der Waals surface area contributed by atoms with Crippen LogP contribution in [0.3, 0.4) is 0 Å². The van der Waals surface area contributed by atoms with Gasteiger partial charge in [-0.25, -0.2) is 0 Å². The summed E-state index contributed by atoms with van der Waals surface area (Å²) < 4.78 is 0.758. The van der Waals surface area contributed by atoms with Crippen molar-refractivity contribution in [2.45, 2.75) is 26.8 Å². The Bertz CT molecular complexity index is 575. The molecular weight excluding hydrogens is 344 g/mol. The minimum atomic E-state index is -0.522. The van der Waals surface area contributed by atoms with Crippen LogP contribution in [0.15, 0.2) is 16.6 Å². The Morgan fingerprint density at radius 3 is 2.65 bits per heavy atom. The van der Waals surface area contributed by atoms with E-state index >= 15 is 0 Å². The van der Waals surface area contributed by atoms with Crippen LogP contribution in [-0.2, 0) is 9.59 Å². The number of nitrogens with zero attached hydrogens (tertiary/aromatic N) is 1. The van der Waals surface area contributed by atoms with Crippen LogP contribution in [0.5, 0.6) is 0 Å². The third-order valence-corrected chi connectivity index (χ3v) is 4.39. The molecule has 0 radical (unpaired) electrons. The molecule has 1 aliphatic heterocycles. The summed E-state index contributed by atoms with van der Waals surface area (Å²) in [6.45, 7) is 5.74. The topological polar surface area (TPSA) is 49.4 Å². The normalized spacial score (nSPS) is 19.5. The van der Waals surface area contributed by atoms with E-state index in [9.17, 15) is 9.59 Å². The minimum Gasteiger partial charge on any atom is -0.345 e. The number of halogens is 2. The zero-order chi connectivity index (χ0) is 15.0. The summed E-state index contributed by atoms with van der Waals surface area (Å²) in [7, 11) is 0. The molecule has 1 aromatic rings. The maximum atomic E-state index is 12.3. The van der Waals surface area contributed by atoms with Crippen LogP contribution in [0.4, 0.5) is 5.69 Å². The SMILES string of the molecule is Cc1cc(Br)c(N2C(=O)CNC(=O)C2C(C)C)cc1Cl. The van der Waals surface area contributed by atoms with Gasteiger partial charge < -0.3 is 5.32 Å². The van der Waals surface area contributed by atoms with E-state index in [0.29, 0.717) is 10.7 Å². The summed E-state index contributed by atoms with van der Waals surface area (Å²) in [5, 5.41) is 3.20. The fraction of sp³-hybridized carbons (Fsp3) is 0.429. The molecule has 0 aliphatic carbocycles. The van der Waals surface area contributed by atoms with Crippen LogP contribution in [0, 0.1) is 12.8 Å². The molecule has 1 fully saturated rings. The van der Waals surface area contributed by atoms with Gasteiger partial charge in [-0.15, -0.1) is 0 Å². The summed E-state index contributed by atoms with van der Waals surface area (Å²) in [6, 6.07) is 3.06. The fourth-order valence-corrected chi connectivity index (χ4v) is 3.14. The molecule has 1 N–H and O–H groups in total. The number of benzene rings is 1. The van der Waals surface area contributed by atoms with Gasteiger partial charge in [-0.05, 0) is 46.5 Å². The van der Waals surface area contributed by atoms with Gasteiger partial charge in [-0.1, -0.05) is 25.4 Å². The zero-order valence-corrected chi connectivity index (χ0v) is 13.9. The second-order valence-corrected chi connectivity index (χ2v) is 6.48. The van der Waals surface area contributed by atoms with Crippen molar-refractivity contribution in [2.24, 2.45) is 5.92 Å². The van der Waals surface area contributed by atoms with E-state index in [1.807, 2.05) is 26.8 Å². The number of amides is 2. The minimum absolute atomic E-state index is 0.00577. The van der Waals surface area contributed by atoms with E-state index in [1.54, 1.807) is 11.0 Å². The molecule has 0 bridgehead atoms. The molecule has 1 aromatic carbocycles. The van der Waals surface area contributed by atoms with Gasteiger partial charge >= 0.3 is 0 Å². The number of rotatable bonds is 2. The van der Waals surface area contributed by atoms with E-state index in [4.69, 9.17) is 11.6 Å². The highest BCUT2D eigenvalue weighted by molar-refractivity contribution is 9.10. The quantitative estimate of drug-likeness (QED) is 0.882. The van der Waals surface area contributed by atoms with Gasteiger partial charge in [-0.2, -0.15) is 0 Å². The summed E-state index contributed by atoms with van der Waals surface area (Å²) in [5.41, 5.74) is 1.55. The molecule has 1 aliphatic rings. The molecule has 0 spiro atoms. The Kier molecular flexibility index (Phi) is 4.39. The Hall–Kier alpha value is -1.07. The molecule has 1 atom stereocenters. The number of carbonyl (C=O) groups is 2. The lowest BCUT2D eigenvalue weighted by Gasteiger charge is -2.37. The summed E-state index contributed by atoms with van der Waals surface area (Å²) in [4.78, 5) is 25.9. The average Bonchev–Trinajstić information content (AvgIpc) is 2.36. The van der Waals surface area contributed by atoms with E-state index < -0.39 is 6.04 Å². The van der Waals surface area contributed by atoms with Crippen molar-refractivity contribution in [3.63, 3.8) is 0 Å². The lowest BCUT2D eigenvalue weighted by atomic mass is 9.98. The van der Waals surface area contributed by atoms with E-state index in [0.717, 1.165) is 10.0 Å². The van der Waals surface area contributed by atoms with E-state index in [1.165, 1.54) is 0 Å². The van der Waals surface area contributed by atoms with Crippen molar-refractivity contribution >= 4 is 45.0 Å². The molecule has 1 saturated heterocycles. The van der Waals surface area contributed by atoms with Crippen LogP contribution >= 0.6 is 27.5 Å². The van der Waals surface area contributed by atoms with Crippen LogP contribution < -0.4 is 10.2 Å². The van der Waals surface area contributed by atoms with E-state index in [2.05, 4.69) is 21.2 Å². The van der Waals surface area contributed by atoms with Crippen molar-refractivity contribution in [2.75, 3.05) is 11.4 Å². The van der Waals surface area contributed by atoms with Gasteiger partial charge in [0, 0.05) is 9.50 Å². The number of hydrogen-bond acceptors (Lipinski definition) is 2. The molecule has 108 valence electrons. The van der Waals surface area contributed by atoms with Crippen LogP contribution in [0.25, 0.3) is 0 Å². The first kappa shape index (κ1) is 15.3. The average molecular weight is 360 g/mol. The second kappa shape index (κ2) is 5.74. The number of anilines is 1. The lowest BCUT2D eigenvalue weighted by Crippen LogP contribution is -2.60. The Labute approximate surface area is 131 Å². The molecular formula is C14H16BrClN2O2. The third-order valence-electron chi connectivity index (χ3n) is 3.35. The van der Waals surface area contributed by atoms with Crippen LogP contribution in [-0.4, -0.2) is 24.4 Å². The predicted octanol–water partition coefficient (Wildman–Crippen LogP) is 2.90. The molecule has 20 heavy (non-hydrogen) atoms. The number of piperazine rings is 1. The third kappa shape index (κ3) is 2.69. The zero-order valence-electron chi connectivity index (χ0n) is 11.5. The number of nitrogens with one attached hydrogen (secondary N) is 1. The first-order valence-corrected chi connectivity index (χ1v) is 7.55. The molecule has 1 heterocycles. The summed E-state index contributed by atoms with van der Waals surface area (Å²) in [6.07, 6.45) is 0. The second-order valence-electron chi connectivity index (χ2n) is 5.22. The van der Waals surface area contributed by atoms with Crippen LogP contribution in [0.2, 0.25) is 5.02 Å². The van der Waals surface area contributed by atoms with Crippen LogP contribution in [0.1, 0.15) is 19.4 Å². The van der Waals surface area contributed by atoms with Crippen molar-refractivity contribution in [1.82, 2.24) is 5.32 Å². The molecule has 2 amide bonds. The molecule has 0 saturated carbocycles. The summed E-state index contributed by atoms with van der Waals surface area (Å²) >= 11 is 9.61. The maximum Gasteiger partial charge on any atom is 0.247 e. The van der Waals surface area contributed by atoms with Gasteiger partial charge in [0.25, 0.3) is 0 Å². The van der Waals surface area contributed by atoms with Gasteiger partial charge in [0.15, 0.2) is 0 Å². The summed E-state index contributed by atoms with van der Waals surface area (Å²) in [5.74, 6) is -0.265. The number of hydrogen-bond donors (Lipinski definition) is 1. The Morgan fingerprint density at radius 2 is 2.05 bits per heavy atom. The van der Waals surface area contributed by atoms with E-state index in [-0.39, 0.29) is 24.3 Å². The van der Waals surface area contributed by atoms with Gasteiger partial charge in [0.1, 0.15) is 6.04 Å². The van der Waals surface area contributed by atoms with Gasteiger partial charge in [-0.3, -0.25) is 14.5 Å². The highest BCUT2D eigenvalue weighted by Gasteiger charge is 2.38. The smallest absolute Gasteiger partial charge is 0.247 e. The fourth-order valence-electron chi connectivity index (χ4n) is 2.33. The number of aryl methyl sites for hydroxylation is 1. The first-order valence-electron chi connectivity index (χ1n) is 6.38. The molecule has 0 aromatic heterocycles. The standard InChI is InChI=1S/C14H16BrClN2O2/c1-7(2)13-14(20)17-6-12(19)18(13)11-5-10(16)8(3)4-9(11)15/h4-5,7,13H,6H2,1-3H3,(H,17,20). The molecule has 1 unspecified atom stereocenters. The molecule has 4 nitrogen and oxygen atoms in total. The number of carbonyl (C=O) groups excluding carboxylic acids is 2. The largest absolute Gasteiger partial charge is 0.345 e. The highest BCUT2D eigenvalue weighted by Crippen LogP contribution is 2.35. The monoisotopic (exact) mass is 358 g/mol. The van der Waals surface area contributed by atoms with Gasteiger partial charge in [0.2, 0.25) is 11.8 Å². The van der Waals surface area contributed by atoms with Crippen molar-refractivity contribution in [3.8, 4) is 0 Å². The Morgan fingerprint density at radius 1 is 1.40 bits per heavy atom. The van der Waals surface area contributed by atoms with Gasteiger partial charge in [0.05, 0.1) is 12.2 Å². The maximum absolute atomic E-state index is 12.3. The molecule has 2 rings (SSSR count). The first-order chi connectivity index (χ1) is 9.32.